The zero-order valence-corrected chi connectivity index (χ0v) is 12.3. The van der Waals surface area contributed by atoms with Gasteiger partial charge >= 0.3 is 0 Å². The van der Waals surface area contributed by atoms with Gasteiger partial charge in [0, 0.05) is 7.05 Å². The van der Waals surface area contributed by atoms with E-state index in [9.17, 15) is 15.2 Å². The minimum absolute atomic E-state index is 0.0704. The van der Waals surface area contributed by atoms with Crippen molar-refractivity contribution in [3.05, 3.63) is 39.8 Å². The van der Waals surface area contributed by atoms with E-state index in [-0.39, 0.29) is 22.6 Å². The molecule has 0 unspecified atom stereocenters. The lowest BCUT2D eigenvalue weighted by Gasteiger charge is -2.14. The molecule has 112 valence electrons. The Balaban J connectivity index is 2.85. The molecule has 21 heavy (non-hydrogen) atoms. The van der Waals surface area contributed by atoms with Crippen LogP contribution in [-0.4, -0.2) is 20.1 Å². The van der Waals surface area contributed by atoms with E-state index in [0.717, 1.165) is 5.56 Å². The molecule has 0 saturated carbocycles. The van der Waals surface area contributed by atoms with Gasteiger partial charge in [-0.3, -0.25) is 4.79 Å². The molecule has 0 atom stereocenters. The highest BCUT2D eigenvalue weighted by molar-refractivity contribution is 5.74. The maximum atomic E-state index is 12.4. The Morgan fingerprint density at radius 2 is 2.00 bits per heavy atom. The average molecular weight is 290 g/mol. The number of aromatic nitrogens is 2. The molecule has 2 rings (SSSR count). The Hall–Kier alpha value is -2.34. The summed E-state index contributed by atoms with van der Waals surface area (Å²) in [5.41, 5.74) is 1.79. The molecule has 1 aromatic carbocycles. The van der Waals surface area contributed by atoms with Crippen LogP contribution in [0.5, 0.6) is 11.5 Å². The van der Waals surface area contributed by atoms with Gasteiger partial charge in [0.2, 0.25) is 5.75 Å². The van der Waals surface area contributed by atoms with Gasteiger partial charge in [-0.25, -0.2) is 9.94 Å². The van der Waals surface area contributed by atoms with Crippen LogP contribution in [-0.2, 0) is 19.9 Å². The van der Waals surface area contributed by atoms with Crippen LogP contribution >= 0.6 is 0 Å². The summed E-state index contributed by atoms with van der Waals surface area (Å²) < 4.78 is 1.23. The van der Waals surface area contributed by atoms with Crippen molar-refractivity contribution in [3.8, 4) is 22.6 Å². The van der Waals surface area contributed by atoms with Gasteiger partial charge in [0.15, 0.2) is 0 Å². The second-order valence-electron chi connectivity index (χ2n) is 4.72. The highest BCUT2D eigenvalue weighted by Crippen LogP contribution is 2.33. The van der Waals surface area contributed by atoms with Crippen LogP contribution in [0.25, 0.3) is 11.1 Å². The van der Waals surface area contributed by atoms with E-state index in [1.54, 1.807) is 19.2 Å². The molecule has 0 amide bonds. The predicted molar refractivity (Wildman–Crippen MR) is 78.6 cm³/mol. The Labute approximate surface area is 122 Å². The Bertz CT molecular complexity index is 722. The molecule has 2 N–H and O–H groups in total. The fraction of sp³-hybridized carbons (Fsp3) is 0.333. The number of aryl methyl sites for hydroxylation is 3. The third kappa shape index (κ3) is 2.62. The summed E-state index contributed by atoms with van der Waals surface area (Å²) in [6.45, 7) is 3.78. The summed E-state index contributed by atoms with van der Waals surface area (Å²) in [6.07, 6.45) is 1.14. The van der Waals surface area contributed by atoms with Crippen molar-refractivity contribution in [1.29, 1.82) is 0 Å². The molecule has 0 aliphatic rings. The van der Waals surface area contributed by atoms with E-state index >= 15 is 0 Å². The van der Waals surface area contributed by atoms with Gasteiger partial charge in [-0.15, -0.1) is 0 Å². The van der Waals surface area contributed by atoms with Crippen LogP contribution in [0.1, 0.15) is 25.1 Å². The summed E-state index contributed by atoms with van der Waals surface area (Å²) in [5.74, 6) is 0.199. The van der Waals surface area contributed by atoms with Crippen LogP contribution in [0.3, 0.4) is 0 Å². The Kier molecular flexibility index (Phi) is 4.28. The molecule has 6 heteroatoms. The zero-order valence-electron chi connectivity index (χ0n) is 12.3. The third-order valence-electron chi connectivity index (χ3n) is 3.43. The van der Waals surface area contributed by atoms with Crippen molar-refractivity contribution in [1.82, 2.24) is 9.78 Å². The molecule has 0 aliphatic carbocycles. The van der Waals surface area contributed by atoms with Crippen molar-refractivity contribution in [2.45, 2.75) is 26.7 Å². The third-order valence-corrected chi connectivity index (χ3v) is 3.43. The Morgan fingerprint density at radius 3 is 2.57 bits per heavy atom. The molecule has 0 bridgehead atoms. The number of phenolic OH excluding ortho intramolecular Hbond substituents is 1. The van der Waals surface area contributed by atoms with E-state index in [1.165, 1.54) is 10.7 Å². The zero-order chi connectivity index (χ0) is 15.6. The largest absolute Gasteiger partial charge is 0.508 e. The average Bonchev–Trinajstić information content (AvgIpc) is 2.49. The topological polar surface area (TPSA) is 84.6 Å². The summed E-state index contributed by atoms with van der Waals surface area (Å²) in [7, 11) is 1.55. The Morgan fingerprint density at radius 1 is 1.29 bits per heavy atom. The molecule has 0 saturated heterocycles. The number of aromatic hydroxyl groups is 1. The number of phenols is 1. The van der Waals surface area contributed by atoms with Crippen LogP contribution in [0.4, 0.5) is 0 Å². The van der Waals surface area contributed by atoms with Crippen molar-refractivity contribution >= 4 is 0 Å². The van der Waals surface area contributed by atoms with Gasteiger partial charge in [0.1, 0.15) is 11.4 Å². The molecule has 0 spiro atoms. The molecule has 0 radical (unpaired) electrons. The normalized spacial score (nSPS) is 10.7. The molecular formula is C15H18N2O4. The second kappa shape index (κ2) is 5.97. The summed E-state index contributed by atoms with van der Waals surface area (Å²) >= 11 is 0. The molecule has 0 fully saturated rings. The van der Waals surface area contributed by atoms with Crippen molar-refractivity contribution in [3.63, 3.8) is 0 Å². The maximum absolute atomic E-state index is 12.4. The highest BCUT2D eigenvalue weighted by atomic mass is 17.1. The number of nitrogens with zero attached hydrogens (tertiary/aromatic N) is 2. The summed E-state index contributed by atoms with van der Waals surface area (Å²) in [6, 6.07) is 4.75. The van der Waals surface area contributed by atoms with Gasteiger partial charge in [0.25, 0.3) is 5.56 Å². The first-order valence-electron chi connectivity index (χ1n) is 6.77. The lowest BCUT2D eigenvalue weighted by molar-refractivity contribution is -0.138. The number of rotatable bonds is 4. The lowest BCUT2D eigenvalue weighted by atomic mass is 9.97. The fourth-order valence-corrected chi connectivity index (χ4v) is 2.36. The molecule has 2 aromatic rings. The van der Waals surface area contributed by atoms with Crippen molar-refractivity contribution in [2.75, 3.05) is 0 Å². The predicted octanol–water partition coefficient (Wildman–Crippen LogP) is 2.13. The second-order valence-corrected chi connectivity index (χ2v) is 4.72. The molecular weight excluding hydrogens is 272 g/mol. The minimum atomic E-state index is -0.364. The minimum Gasteiger partial charge on any atom is -0.508 e. The van der Waals surface area contributed by atoms with Gasteiger partial charge in [-0.2, -0.15) is 5.10 Å². The van der Waals surface area contributed by atoms with Gasteiger partial charge in [0.05, 0.1) is 5.56 Å². The first kappa shape index (κ1) is 15.1. The van der Waals surface area contributed by atoms with E-state index in [2.05, 4.69) is 9.99 Å². The van der Waals surface area contributed by atoms with Crippen molar-refractivity contribution in [2.24, 2.45) is 7.05 Å². The SMILES string of the molecule is CCc1cc(O)ccc1-c1c(OO)c(CC)nn(C)c1=O. The quantitative estimate of drug-likeness (QED) is 0.665. The molecule has 1 aromatic heterocycles. The lowest BCUT2D eigenvalue weighted by Crippen LogP contribution is -2.24. The van der Waals surface area contributed by atoms with Crippen LogP contribution in [0, 0.1) is 0 Å². The fourth-order valence-electron chi connectivity index (χ4n) is 2.36. The van der Waals surface area contributed by atoms with E-state index in [1.807, 2.05) is 13.8 Å². The molecule has 0 aliphatic heterocycles. The summed E-state index contributed by atoms with van der Waals surface area (Å²) in [4.78, 5) is 16.9. The number of hydrogen-bond donors (Lipinski definition) is 2. The van der Waals surface area contributed by atoms with Gasteiger partial charge in [-0.1, -0.05) is 19.9 Å². The van der Waals surface area contributed by atoms with E-state index < -0.39 is 0 Å². The van der Waals surface area contributed by atoms with E-state index in [4.69, 9.17) is 0 Å². The monoisotopic (exact) mass is 290 g/mol. The molecule has 6 nitrogen and oxygen atoms in total. The molecule has 1 heterocycles. The van der Waals surface area contributed by atoms with Crippen molar-refractivity contribution < 1.29 is 15.3 Å². The van der Waals surface area contributed by atoms with Gasteiger partial charge < -0.3 is 9.99 Å². The number of benzene rings is 1. The van der Waals surface area contributed by atoms with Crippen LogP contribution in [0.15, 0.2) is 23.0 Å². The first-order chi connectivity index (χ1) is 10.0. The van der Waals surface area contributed by atoms with E-state index in [0.29, 0.717) is 24.1 Å². The standard InChI is InChI=1S/C15H18N2O4/c1-4-9-8-10(18)6-7-11(9)13-14(21-20)12(5-2)16-17(3)15(13)19/h6-8,18,20H,4-5H2,1-3H3. The van der Waals surface area contributed by atoms with Crippen LogP contribution < -0.4 is 10.4 Å². The highest BCUT2D eigenvalue weighted by Gasteiger charge is 2.21. The van der Waals surface area contributed by atoms with Crippen LogP contribution in [0.2, 0.25) is 0 Å². The number of hydrogen-bond acceptors (Lipinski definition) is 5. The van der Waals surface area contributed by atoms with Gasteiger partial charge in [-0.05, 0) is 36.1 Å². The smallest absolute Gasteiger partial charge is 0.278 e. The maximum Gasteiger partial charge on any atom is 0.278 e. The first-order valence-corrected chi connectivity index (χ1v) is 6.77. The summed E-state index contributed by atoms with van der Waals surface area (Å²) in [5, 5.41) is 22.9.